The van der Waals surface area contributed by atoms with Gasteiger partial charge in [-0.2, -0.15) is 26.3 Å². The molecule has 27 heavy (non-hydrogen) atoms. The molecule has 0 unspecified atom stereocenters. The minimum absolute atomic E-state index is 0.00827. The van der Waals surface area contributed by atoms with E-state index in [1.54, 1.807) is 0 Å². The van der Waals surface area contributed by atoms with Gasteiger partial charge in [-0.3, -0.25) is 29.6 Å². The maximum absolute atomic E-state index is 12.8. The lowest BCUT2D eigenvalue weighted by molar-refractivity contribution is -0.394. The number of rotatable bonds is 3. The van der Waals surface area contributed by atoms with Crippen LogP contribution in [0, 0.1) is 20.2 Å². The van der Waals surface area contributed by atoms with Crippen molar-refractivity contribution >= 4 is 11.4 Å². The van der Waals surface area contributed by atoms with Crippen LogP contribution in [0.3, 0.4) is 0 Å². The molecule has 9 nitrogen and oxygen atoms in total. The zero-order valence-corrected chi connectivity index (χ0v) is 12.4. The Hall–Kier alpha value is -3.52. The van der Waals surface area contributed by atoms with Crippen LogP contribution < -0.4 is 5.56 Å². The van der Waals surface area contributed by atoms with Crippen LogP contribution >= 0.6 is 0 Å². The first-order chi connectivity index (χ1) is 12.2. The van der Waals surface area contributed by atoms with Gasteiger partial charge >= 0.3 is 23.7 Å². The van der Waals surface area contributed by atoms with Crippen LogP contribution in [-0.2, 0) is 12.4 Å². The van der Waals surface area contributed by atoms with Crippen molar-refractivity contribution < 1.29 is 36.2 Å². The summed E-state index contributed by atoms with van der Waals surface area (Å²) >= 11 is 0. The average molecular weight is 398 g/mol. The number of nitro benzene ring substituents is 2. The monoisotopic (exact) mass is 398 g/mol. The van der Waals surface area contributed by atoms with E-state index >= 15 is 0 Å². The van der Waals surface area contributed by atoms with Gasteiger partial charge in [0, 0.05) is 18.2 Å². The van der Waals surface area contributed by atoms with E-state index < -0.39 is 56.1 Å². The van der Waals surface area contributed by atoms with E-state index in [0.717, 1.165) is 0 Å². The van der Waals surface area contributed by atoms with Gasteiger partial charge in [0.05, 0.1) is 15.4 Å². The van der Waals surface area contributed by atoms with E-state index in [2.05, 4.69) is 4.98 Å². The molecule has 0 atom stereocenters. The van der Waals surface area contributed by atoms with Crippen LogP contribution in [0.4, 0.5) is 37.7 Å². The molecule has 15 heteroatoms. The summed E-state index contributed by atoms with van der Waals surface area (Å²) in [6, 6.07) is -0.260. The number of benzene rings is 1. The van der Waals surface area contributed by atoms with E-state index in [1.807, 2.05) is 0 Å². The van der Waals surface area contributed by atoms with E-state index in [0.29, 0.717) is 0 Å². The molecule has 1 aromatic heterocycles. The molecule has 144 valence electrons. The standard InChI is InChI=1S/C12H4F6N4O5/c13-11(14,15)5-1-6(21(24)25)10(7(2-5)22(26)27)20-4-19-8(3-9(20)23)12(16,17)18/h1-4H. The molecule has 0 amide bonds. The van der Waals surface area contributed by atoms with Gasteiger partial charge in [-0.05, 0) is 0 Å². The number of nitrogens with zero attached hydrogens (tertiary/aromatic N) is 4. The van der Waals surface area contributed by atoms with Crippen molar-refractivity contribution in [2.24, 2.45) is 0 Å². The van der Waals surface area contributed by atoms with Gasteiger partial charge in [0.15, 0.2) is 5.69 Å². The average Bonchev–Trinajstić information content (AvgIpc) is 2.51. The molecule has 0 aliphatic carbocycles. The van der Waals surface area contributed by atoms with Gasteiger partial charge in [0.2, 0.25) is 5.69 Å². The summed E-state index contributed by atoms with van der Waals surface area (Å²) in [5.41, 5.74) is -9.36. The Morgan fingerprint density at radius 3 is 1.70 bits per heavy atom. The molecule has 0 spiro atoms. The molecule has 0 aliphatic rings. The zero-order chi connectivity index (χ0) is 20.7. The van der Waals surface area contributed by atoms with Crippen LogP contribution in [0.5, 0.6) is 0 Å². The topological polar surface area (TPSA) is 121 Å². The largest absolute Gasteiger partial charge is 0.433 e. The number of hydrogen-bond donors (Lipinski definition) is 0. The molecule has 0 saturated heterocycles. The number of aromatic nitrogens is 2. The number of alkyl halides is 6. The summed E-state index contributed by atoms with van der Waals surface area (Å²) in [5, 5.41) is 22.2. The normalized spacial score (nSPS) is 12.1. The van der Waals surface area contributed by atoms with Crippen molar-refractivity contribution in [3.63, 3.8) is 0 Å². The smallest absolute Gasteiger partial charge is 0.269 e. The maximum atomic E-state index is 12.8. The van der Waals surface area contributed by atoms with Crippen molar-refractivity contribution in [1.82, 2.24) is 9.55 Å². The highest BCUT2D eigenvalue weighted by atomic mass is 19.4. The highest BCUT2D eigenvalue weighted by molar-refractivity contribution is 5.67. The van der Waals surface area contributed by atoms with Gasteiger partial charge in [-0.15, -0.1) is 0 Å². The summed E-state index contributed by atoms with van der Waals surface area (Å²) in [6.07, 6.45) is -10.2. The number of nitro groups is 2. The molecule has 0 saturated carbocycles. The lowest BCUT2D eigenvalue weighted by atomic mass is 10.1. The third-order valence-electron chi connectivity index (χ3n) is 3.13. The molecule has 0 aliphatic heterocycles. The first-order valence-electron chi connectivity index (χ1n) is 6.43. The molecular weight excluding hydrogens is 394 g/mol. The van der Waals surface area contributed by atoms with Crippen molar-refractivity contribution in [2.75, 3.05) is 0 Å². The van der Waals surface area contributed by atoms with Gasteiger partial charge in [-0.25, -0.2) is 4.98 Å². The second-order valence-corrected chi connectivity index (χ2v) is 4.86. The summed E-state index contributed by atoms with van der Waals surface area (Å²) in [4.78, 5) is 34.0. The van der Waals surface area contributed by atoms with Crippen LogP contribution in [0.1, 0.15) is 11.3 Å². The van der Waals surface area contributed by atoms with Gasteiger partial charge in [0.25, 0.3) is 5.56 Å². The molecule has 0 N–H and O–H groups in total. The Bertz CT molecular complexity index is 962. The van der Waals surface area contributed by atoms with E-state index in [-0.39, 0.29) is 29.1 Å². The number of halogens is 6. The molecule has 2 aromatic rings. The van der Waals surface area contributed by atoms with Crippen LogP contribution in [0.15, 0.2) is 29.3 Å². The van der Waals surface area contributed by atoms with Crippen LogP contribution in [0.25, 0.3) is 5.69 Å². The Kier molecular flexibility index (Phi) is 4.64. The summed E-state index contributed by atoms with van der Waals surface area (Å²) in [5.74, 6) is 0. The highest BCUT2D eigenvalue weighted by Gasteiger charge is 2.39. The van der Waals surface area contributed by atoms with Crippen LogP contribution in [-0.4, -0.2) is 19.4 Å². The predicted octanol–water partition coefficient (Wildman–Crippen LogP) is 3.09. The predicted molar refractivity (Wildman–Crippen MR) is 73.1 cm³/mol. The van der Waals surface area contributed by atoms with E-state index in [9.17, 15) is 51.4 Å². The highest BCUT2D eigenvalue weighted by Crippen LogP contribution is 2.39. The third kappa shape index (κ3) is 3.85. The molecule has 0 bridgehead atoms. The second kappa shape index (κ2) is 6.33. The summed E-state index contributed by atoms with van der Waals surface area (Å²) in [6.45, 7) is 0. The summed E-state index contributed by atoms with van der Waals surface area (Å²) in [7, 11) is 0. The lowest BCUT2D eigenvalue weighted by Gasteiger charge is -2.12. The second-order valence-electron chi connectivity index (χ2n) is 4.86. The van der Waals surface area contributed by atoms with E-state index in [4.69, 9.17) is 0 Å². The fraction of sp³-hybridized carbons (Fsp3) is 0.167. The molecule has 1 heterocycles. The Morgan fingerprint density at radius 1 is 0.889 bits per heavy atom. The van der Waals surface area contributed by atoms with E-state index in [1.165, 1.54) is 0 Å². The Balaban J connectivity index is 2.89. The van der Waals surface area contributed by atoms with Crippen molar-refractivity contribution in [2.45, 2.75) is 12.4 Å². The molecule has 2 rings (SSSR count). The molecule has 1 aromatic carbocycles. The van der Waals surface area contributed by atoms with Gasteiger partial charge in [0.1, 0.15) is 6.33 Å². The van der Waals surface area contributed by atoms with Crippen LogP contribution in [0.2, 0.25) is 0 Å². The third-order valence-corrected chi connectivity index (χ3v) is 3.13. The Morgan fingerprint density at radius 2 is 1.37 bits per heavy atom. The molecule has 0 radical (unpaired) electrons. The zero-order valence-electron chi connectivity index (χ0n) is 12.4. The quantitative estimate of drug-likeness (QED) is 0.445. The first kappa shape index (κ1) is 19.8. The summed E-state index contributed by atoms with van der Waals surface area (Å²) < 4.78 is 76.1. The molecular formula is C12H4F6N4O5. The van der Waals surface area contributed by atoms with Crippen molar-refractivity contribution in [3.05, 3.63) is 66.4 Å². The van der Waals surface area contributed by atoms with Gasteiger partial charge < -0.3 is 0 Å². The fourth-order valence-corrected chi connectivity index (χ4v) is 2.02. The van der Waals surface area contributed by atoms with Gasteiger partial charge in [-0.1, -0.05) is 0 Å². The van der Waals surface area contributed by atoms with Crippen molar-refractivity contribution in [3.8, 4) is 5.69 Å². The first-order valence-corrected chi connectivity index (χ1v) is 6.43. The molecule has 0 fully saturated rings. The lowest BCUT2D eigenvalue weighted by Crippen LogP contribution is -2.24. The SMILES string of the molecule is O=c1cc(C(F)(F)F)ncn1-c1c([N+](=O)[O-])cc(C(F)(F)F)cc1[N+](=O)[O-]. The Labute approximate surface area is 142 Å². The van der Waals surface area contributed by atoms with Crippen molar-refractivity contribution in [1.29, 1.82) is 0 Å². The minimum Gasteiger partial charge on any atom is -0.269 e. The fourth-order valence-electron chi connectivity index (χ4n) is 2.02. The number of hydrogen-bond acceptors (Lipinski definition) is 6. The minimum atomic E-state index is -5.20. The maximum Gasteiger partial charge on any atom is 0.433 e.